The van der Waals surface area contributed by atoms with Crippen molar-refractivity contribution >= 4 is 27.3 Å². The Labute approximate surface area is 112 Å². The highest BCUT2D eigenvalue weighted by molar-refractivity contribution is 7.20. The smallest absolute Gasteiger partial charge is 0.150 e. The van der Waals surface area contributed by atoms with Gasteiger partial charge >= 0.3 is 0 Å². The molecule has 0 saturated carbocycles. The fourth-order valence-electron chi connectivity index (χ4n) is 2.26. The summed E-state index contributed by atoms with van der Waals surface area (Å²) in [5, 5.41) is 0.741. The Kier molecular flexibility index (Phi) is 2.25. The van der Waals surface area contributed by atoms with E-state index in [9.17, 15) is 4.39 Å². The van der Waals surface area contributed by atoms with Crippen LogP contribution in [-0.4, -0.2) is 27.2 Å². The molecular formula is C13H9FN4S. The second-order valence-electron chi connectivity index (χ2n) is 4.31. The number of hydrogen-bond acceptors (Lipinski definition) is 4. The number of rotatable bonds is 1. The highest BCUT2D eigenvalue weighted by atomic mass is 32.1. The van der Waals surface area contributed by atoms with Crippen molar-refractivity contribution in [3.05, 3.63) is 46.7 Å². The Balaban J connectivity index is 1.92. The average Bonchev–Trinajstić information content (AvgIpc) is 3.05. The Morgan fingerprint density at radius 2 is 2.26 bits per heavy atom. The van der Waals surface area contributed by atoms with Crippen LogP contribution in [0.1, 0.15) is 16.4 Å². The minimum atomic E-state index is -0.291. The van der Waals surface area contributed by atoms with Crippen molar-refractivity contribution in [1.29, 1.82) is 0 Å². The minimum absolute atomic E-state index is 0.291. The lowest BCUT2D eigenvalue weighted by molar-refractivity contribution is 0.637. The molecule has 0 saturated heterocycles. The van der Waals surface area contributed by atoms with E-state index in [2.05, 4.69) is 19.9 Å². The number of nitrogens with one attached hydrogen (secondary N) is 1. The molecule has 4 nitrogen and oxygen atoms in total. The van der Waals surface area contributed by atoms with Crippen molar-refractivity contribution in [1.82, 2.24) is 15.0 Å². The number of nitrogens with zero attached hydrogens (tertiary/aromatic N) is 3. The molecule has 1 aromatic carbocycles. The maximum absolute atomic E-state index is 13.7. The molecule has 6 heteroatoms. The normalized spacial score (nSPS) is 14.5. The molecule has 19 heavy (non-hydrogen) atoms. The zero-order valence-electron chi connectivity index (χ0n) is 9.85. The lowest BCUT2D eigenvalue weighted by atomic mass is 10.1. The highest BCUT2D eigenvalue weighted by Crippen LogP contribution is 2.27. The van der Waals surface area contributed by atoms with Gasteiger partial charge in [-0.15, -0.1) is 11.3 Å². The van der Waals surface area contributed by atoms with E-state index in [1.54, 1.807) is 12.4 Å². The lowest BCUT2D eigenvalue weighted by Gasteiger charge is -2.08. The second kappa shape index (κ2) is 3.96. The van der Waals surface area contributed by atoms with Gasteiger partial charge in [0.25, 0.3) is 0 Å². The number of aromatic amines is 1. The third kappa shape index (κ3) is 1.60. The summed E-state index contributed by atoms with van der Waals surface area (Å²) >= 11 is 1.46. The largest absolute Gasteiger partial charge is 0.343 e. The summed E-state index contributed by atoms with van der Waals surface area (Å²) in [6.07, 6.45) is 2.50. The summed E-state index contributed by atoms with van der Waals surface area (Å²) in [5.74, 6) is -0.291. The van der Waals surface area contributed by atoms with E-state index in [4.69, 9.17) is 0 Å². The zero-order chi connectivity index (χ0) is 12.8. The molecule has 0 fully saturated rings. The van der Waals surface area contributed by atoms with E-state index in [-0.39, 0.29) is 5.82 Å². The molecule has 2 aromatic heterocycles. The first-order chi connectivity index (χ1) is 9.33. The molecule has 0 bridgehead atoms. The van der Waals surface area contributed by atoms with Crippen LogP contribution >= 0.6 is 11.3 Å². The fourth-order valence-corrected chi connectivity index (χ4v) is 3.26. The number of halogens is 1. The lowest BCUT2D eigenvalue weighted by Crippen LogP contribution is -2.13. The van der Waals surface area contributed by atoms with Crippen molar-refractivity contribution in [3.8, 4) is 0 Å². The maximum atomic E-state index is 13.7. The summed E-state index contributed by atoms with van der Waals surface area (Å²) in [5.41, 5.74) is 3.12. The first-order valence-corrected chi connectivity index (χ1v) is 6.77. The van der Waals surface area contributed by atoms with Gasteiger partial charge in [-0.3, -0.25) is 4.99 Å². The van der Waals surface area contributed by atoms with Gasteiger partial charge in [-0.2, -0.15) is 0 Å². The van der Waals surface area contributed by atoms with Crippen LogP contribution in [0, 0.1) is 5.82 Å². The maximum Gasteiger partial charge on any atom is 0.150 e. The average molecular weight is 272 g/mol. The molecule has 0 spiro atoms. The fraction of sp³-hybridized carbons (Fsp3) is 0.154. The van der Waals surface area contributed by atoms with Gasteiger partial charge in [-0.25, -0.2) is 14.4 Å². The van der Waals surface area contributed by atoms with Crippen LogP contribution in [0.4, 0.5) is 4.39 Å². The highest BCUT2D eigenvalue weighted by Gasteiger charge is 2.21. The van der Waals surface area contributed by atoms with Crippen LogP contribution in [-0.2, 0) is 6.42 Å². The number of hydrogen-bond donors (Lipinski definition) is 1. The van der Waals surface area contributed by atoms with Crippen molar-refractivity contribution < 1.29 is 4.39 Å². The number of H-pyrrole nitrogens is 1. The van der Waals surface area contributed by atoms with Crippen molar-refractivity contribution in [2.75, 3.05) is 6.54 Å². The number of aliphatic imine (C=N–C) groups is 1. The predicted octanol–water partition coefficient (Wildman–Crippen LogP) is 2.55. The van der Waals surface area contributed by atoms with Crippen molar-refractivity contribution in [2.24, 2.45) is 4.99 Å². The quantitative estimate of drug-likeness (QED) is 0.740. The third-order valence-corrected chi connectivity index (χ3v) is 4.17. The number of benzene rings is 1. The van der Waals surface area contributed by atoms with Crippen LogP contribution in [0.25, 0.3) is 10.2 Å². The molecule has 0 unspecified atom stereocenters. The van der Waals surface area contributed by atoms with Crippen molar-refractivity contribution in [3.63, 3.8) is 0 Å². The van der Waals surface area contributed by atoms with Gasteiger partial charge in [0.15, 0.2) is 0 Å². The van der Waals surface area contributed by atoms with Crippen LogP contribution in [0.3, 0.4) is 0 Å². The van der Waals surface area contributed by atoms with E-state index < -0.39 is 0 Å². The van der Waals surface area contributed by atoms with E-state index in [1.165, 1.54) is 17.4 Å². The van der Waals surface area contributed by atoms with Crippen LogP contribution in [0.2, 0.25) is 0 Å². The molecule has 0 atom stereocenters. The molecule has 4 rings (SSSR count). The minimum Gasteiger partial charge on any atom is -0.343 e. The summed E-state index contributed by atoms with van der Waals surface area (Å²) in [7, 11) is 0. The number of imidazole rings is 1. The number of fused-ring (bicyclic) bond motifs is 2. The van der Waals surface area contributed by atoms with Crippen molar-refractivity contribution in [2.45, 2.75) is 6.42 Å². The zero-order valence-corrected chi connectivity index (χ0v) is 10.7. The summed E-state index contributed by atoms with van der Waals surface area (Å²) in [6, 6.07) is 5.00. The molecule has 1 N–H and O–H groups in total. The standard InChI is InChI=1S/C13H9FN4S/c14-7-2-1-3-9-10(7)18-13(19-9)12-11-8(4-5-15-12)16-6-17-11/h1-3,6H,4-5H2,(H,16,17). The Morgan fingerprint density at radius 1 is 1.32 bits per heavy atom. The Hall–Kier alpha value is -2.08. The van der Waals surface area contributed by atoms with E-state index in [0.29, 0.717) is 12.1 Å². The molecule has 1 aliphatic rings. The molecule has 0 radical (unpaired) electrons. The van der Waals surface area contributed by atoms with Gasteiger partial charge in [-0.1, -0.05) is 6.07 Å². The van der Waals surface area contributed by atoms with E-state index >= 15 is 0 Å². The monoisotopic (exact) mass is 272 g/mol. The summed E-state index contributed by atoms with van der Waals surface area (Å²) in [4.78, 5) is 16.3. The Morgan fingerprint density at radius 3 is 3.16 bits per heavy atom. The van der Waals surface area contributed by atoms with Gasteiger partial charge in [-0.05, 0) is 12.1 Å². The SMILES string of the molecule is Fc1cccc2sc(C3=NCCc4nc[nH]c43)nc12. The molecule has 3 aromatic rings. The van der Waals surface area contributed by atoms with Crippen LogP contribution in [0.5, 0.6) is 0 Å². The van der Waals surface area contributed by atoms with Gasteiger partial charge in [0.05, 0.1) is 22.4 Å². The molecular weight excluding hydrogens is 263 g/mol. The van der Waals surface area contributed by atoms with Gasteiger partial charge in [0.2, 0.25) is 0 Å². The molecule has 0 amide bonds. The van der Waals surface area contributed by atoms with Gasteiger partial charge in [0.1, 0.15) is 22.1 Å². The molecule has 3 heterocycles. The van der Waals surface area contributed by atoms with Gasteiger partial charge in [0, 0.05) is 13.0 Å². The topological polar surface area (TPSA) is 53.9 Å². The van der Waals surface area contributed by atoms with E-state index in [1.807, 2.05) is 6.07 Å². The third-order valence-electron chi connectivity index (χ3n) is 3.15. The molecule has 94 valence electrons. The first kappa shape index (κ1) is 10.8. The Bertz CT molecular complexity index is 802. The molecule has 1 aliphatic heterocycles. The van der Waals surface area contributed by atoms with E-state index in [0.717, 1.165) is 33.2 Å². The van der Waals surface area contributed by atoms with Gasteiger partial charge < -0.3 is 4.98 Å². The predicted molar refractivity (Wildman–Crippen MR) is 72.4 cm³/mol. The number of aromatic nitrogens is 3. The second-order valence-corrected chi connectivity index (χ2v) is 5.34. The van der Waals surface area contributed by atoms with Crippen LogP contribution in [0.15, 0.2) is 29.5 Å². The summed E-state index contributed by atoms with van der Waals surface area (Å²) < 4.78 is 14.5. The van der Waals surface area contributed by atoms with Crippen LogP contribution < -0.4 is 0 Å². The summed E-state index contributed by atoms with van der Waals surface area (Å²) in [6.45, 7) is 0.700. The number of thiazole rings is 1. The molecule has 0 aliphatic carbocycles. The number of para-hydroxylation sites is 1. The first-order valence-electron chi connectivity index (χ1n) is 5.95.